The highest BCUT2D eigenvalue weighted by Crippen LogP contribution is 2.46. The molecule has 1 heterocycles. The molecule has 4 atom stereocenters. The molecule has 0 bridgehead atoms. The second-order valence-electron chi connectivity index (χ2n) is 8.51. The van der Waals surface area contributed by atoms with E-state index in [1.807, 2.05) is 24.3 Å². The Morgan fingerprint density at radius 1 is 1.12 bits per heavy atom. The van der Waals surface area contributed by atoms with Crippen LogP contribution in [0.1, 0.15) is 44.6 Å². The van der Waals surface area contributed by atoms with E-state index in [0.29, 0.717) is 19.1 Å². The molecule has 0 saturated carbocycles. The molecule has 2 rings (SSSR count). The van der Waals surface area contributed by atoms with Gasteiger partial charge in [-0.25, -0.2) is 0 Å². The average molecular weight is 487 g/mol. The van der Waals surface area contributed by atoms with Gasteiger partial charge in [0, 0.05) is 40.8 Å². The third-order valence-electron chi connectivity index (χ3n) is 6.17. The number of carbonyl (C=O) groups excluding carboxylic acids is 1. The number of methoxy groups -OCH3 is 2. The van der Waals surface area contributed by atoms with Crippen LogP contribution in [0, 0.1) is 5.92 Å². The van der Waals surface area contributed by atoms with Crippen molar-refractivity contribution in [2.24, 2.45) is 5.92 Å². The van der Waals surface area contributed by atoms with Crippen LogP contribution in [-0.4, -0.2) is 65.3 Å². The second-order valence-corrected chi connectivity index (χ2v) is 10.8. The zero-order valence-electron chi connectivity index (χ0n) is 20.5. The molecule has 0 N–H and O–H groups in total. The van der Waals surface area contributed by atoms with Crippen LogP contribution in [-0.2, 0) is 39.2 Å². The molecule has 1 saturated heterocycles. The lowest BCUT2D eigenvalue weighted by molar-refractivity contribution is -0.129. The molecular weight excluding hydrogens is 447 g/mol. The molecule has 188 valence electrons. The predicted octanol–water partition coefficient (Wildman–Crippen LogP) is 4.64. The number of Topliss-reactive ketones (excluding diaryl/α,β-unsaturated/α-hetero) is 1. The van der Waals surface area contributed by atoms with Gasteiger partial charge >= 0.3 is 7.60 Å². The second kappa shape index (κ2) is 14.2. The smallest absolute Gasteiger partial charge is 0.337 e. The van der Waals surface area contributed by atoms with Gasteiger partial charge in [0.25, 0.3) is 0 Å². The summed E-state index contributed by atoms with van der Waals surface area (Å²) in [6.07, 6.45) is 3.07. The molecule has 0 spiro atoms. The number of ketones is 1. The average Bonchev–Trinajstić information content (AvgIpc) is 2.83. The Hall–Kier alpha value is -1.28. The minimum absolute atomic E-state index is 0.000238. The number of ether oxygens (including phenoxy) is 4. The molecule has 0 aliphatic carbocycles. The molecule has 9 heteroatoms. The van der Waals surface area contributed by atoms with Gasteiger partial charge in [-0.05, 0) is 42.9 Å². The maximum absolute atomic E-state index is 12.4. The first-order valence-corrected chi connectivity index (χ1v) is 13.2. The van der Waals surface area contributed by atoms with Crippen molar-refractivity contribution in [3.63, 3.8) is 0 Å². The number of hydrogen-bond donors (Lipinski definition) is 0. The van der Waals surface area contributed by atoms with Crippen LogP contribution in [0.15, 0.2) is 24.3 Å². The number of carbonyl (C=O) groups is 1. The Morgan fingerprint density at radius 2 is 1.82 bits per heavy atom. The largest absolute Gasteiger partial charge is 0.497 e. The first-order valence-electron chi connectivity index (χ1n) is 11.4. The van der Waals surface area contributed by atoms with E-state index in [-0.39, 0.29) is 36.7 Å². The molecular formula is C24H39O8P. The van der Waals surface area contributed by atoms with Gasteiger partial charge in [0.05, 0.1) is 32.0 Å². The van der Waals surface area contributed by atoms with E-state index < -0.39 is 7.60 Å². The van der Waals surface area contributed by atoms with Crippen molar-refractivity contribution < 1.29 is 37.4 Å². The van der Waals surface area contributed by atoms with Gasteiger partial charge in [-0.3, -0.25) is 9.36 Å². The minimum atomic E-state index is -3.35. The van der Waals surface area contributed by atoms with Crippen LogP contribution < -0.4 is 4.74 Å². The van der Waals surface area contributed by atoms with Crippen LogP contribution in [0.25, 0.3) is 0 Å². The molecule has 0 radical (unpaired) electrons. The summed E-state index contributed by atoms with van der Waals surface area (Å²) in [4.78, 5) is 12.4. The monoisotopic (exact) mass is 486 g/mol. The molecule has 1 aromatic carbocycles. The Kier molecular flexibility index (Phi) is 12.0. The lowest BCUT2D eigenvalue weighted by atomic mass is 9.88. The van der Waals surface area contributed by atoms with Crippen LogP contribution >= 0.6 is 7.60 Å². The van der Waals surface area contributed by atoms with E-state index in [9.17, 15) is 9.36 Å². The highest BCUT2D eigenvalue weighted by Gasteiger charge is 2.33. The molecule has 1 aliphatic heterocycles. The molecule has 33 heavy (non-hydrogen) atoms. The topological polar surface area (TPSA) is 89.5 Å². The fraction of sp³-hybridized carbons (Fsp3) is 0.708. The van der Waals surface area contributed by atoms with Crippen LogP contribution in [0.4, 0.5) is 0 Å². The molecule has 1 fully saturated rings. The summed E-state index contributed by atoms with van der Waals surface area (Å²) in [6, 6.07) is 7.82. The van der Waals surface area contributed by atoms with E-state index in [4.69, 9.17) is 28.0 Å². The number of rotatable bonds is 15. The van der Waals surface area contributed by atoms with Gasteiger partial charge in [0.15, 0.2) is 0 Å². The quantitative estimate of drug-likeness (QED) is 0.262. The standard InChI is InChI=1S/C24H39O8P/c1-18-6-9-23(14-20(25)17-33(26,29-4)30-5)32-24(18)15-22(28-3)12-13-31-16-19-7-10-21(27-2)11-8-19/h7-8,10-11,18,22-24H,6,9,12-17H2,1-5H3/t18-,22-,23-,24+/m0/s1. The van der Waals surface area contributed by atoms with Crippen molar-refractivity contribution >= 4 is 13.4 Å². The van der Waals surface area contributed by atoms with Crippen molar-refractivity contribution in [3.8, 4) is 5.75 Å². The molecule has 1 aliphatic rings. The summed E-state index contributed by atoms with van der Waals surface area (Å²) >= 11 is 0. The Bertz CT molecular complexity index is 745. The number of benzene rings is 1. The van der Waals surface area contributed by atoms with E-state index in [1.165, 1.54) is 14.2 Å². The normalized spacial score (nSPS) is 22.2. The molecule has 1 aromatic rings. The molecule has 8 nitrogen and oxygen atoms in total. The third-order valence-corrected chi connectivity index (χ3v) is 8.02. The minimum Gasteiger partial charge on any atom is -0.497 e. The van der Waals surface area contributed by atoms with Crippen LogP contribution in [0.2, 0.25) is 0 Å². The first kappa shape index (κ1) is 28.0. The predicted molar refractivity (Wildman–Crippen MR) is 126 cm³/mol. The van der Waals surface area contributed by atoms with Gasteiger partial charge in [0.1, 0.15) is 17.7 Å². The Morgan fingerprint density at radius 3 is 2.42 bits per heavy atom. The SMILES string of the molecule is COc1ccc(COCC[C@@H](C[C@H]2O[C@H](CC(=O)CP(=O)(OC)OC)CC[C@@H]2C)OC)cc1. The van der Waals surface area contributed by atoms with Gasteiger partial charge in [-0.2, -0.15) is 0 Å². The third kappa shape index (κ3) is 9.47. The van der Waals surface area contributed by atoms with E-state index in [2.05, 4.69) is 6.92 Å². The fourth-order valence-corrected chi connectivity index (χ4v) is 4.95. The Labute approximate surface area is 197 Å². The number of hydrogen-bond acceptors (Lipinski definition) is 8. The lowest BCUT2D eigenvalue weighted by Gasteiger charge is -2.36. The molecule has 0 amide bonds. The van der Waals surface area contributed by atoms with Gasteiger partial charge in [-0.15, -0.1) is 0 Å². The highest BCUT2D eigenvalue weighted by atomic mass is 31.2. The molecule has 0 unspecified atom stereocenters. The van der Waals surface area contributed by atoms with E-state index in [0.717, 1.165) is 37.0 Å². The fourth-order valence-electron chi connectivity index (χ4n) is 3.98. The summed E-state index contributed by atoms with van der Waals surface area (Å²) in [6.45, 7) is 3.28. The Balaban J connectivity index is 1.77. The van der Waals surface area contributed by atoms with Crippen LogP contribution in [0.3, 0.4) is 0 Å². The zero-order chi connectivity index (χ0) is 24.3. The summed E-state index contributed by atoms with van der Waals surface area (Å²) in [5.41, 5.74) is 1.09. The van der Waals surface area contributed by atoms with Crippen LogP contribution in [0.5, 0.6) is 5.75 Å². The van der Waals surface area contributed by atoms with Crippen molar-refractivity contribution in [1.29, 1.82) is 0 Å². The first-order chi connectivity index (χ1) is 15.8. The zero-order valence-corrected chi connectivity index (χ0v) is 21.4. The summed E-state index contributed by atoms with van der Waals surface area (Å²) in [7, 11) is 2.58. The van der Waals surface area contributed by atoms with Crippen molar-refractivity contribution in [2.75, 3.05) is 41.2 Å². The van der Waals surface area contributed by atoms with Gasteiger partial charge in [-0.1, -0.05) is 19.1 Å². The lowest BCUT2D eigenvalue weighted by Crippen LogP contribution is -2.38. The van der Waals surface area contributed by atoms with E-state index >= 15 is 0 Å². The van der Waals surface area contributed by atoms with Crippen molar-refractivity contribution in [2.45, 2.75) is 63.9 Å². The summed E-state index contributed by atoms with van der Waals surface area (Å²) in [5.74, 6) is 1.03. The highest BCUT2D eigenvalue weighted by molar-refractivity contribution is 7.54. The van der Waals surface area contributed by atoms with E-state index in [1.54, 1.807) is 14.2 Å². The molecule has 0 aromatic heterocycles. The maximum atomic E-state index is 12.4. The van der Waals surface area contributed by atoms with Crippen molar-refractivity contribution in [1.82, 2.24) is 0 Å². The maximum Gasteiger partial charge on any atom is 0.337 e. The van der Waals surface area contributed by atoms with Gasteiger partial charge < -0.3 is 28.0 Å². The summed E-state index contributed by atoms with van der Waals surface area (Å²) < 4.78 is 44.9. The van der Waals surface area contributed by atoms with Gasteiger partial charge in [0.2, 0.25) is 0 Å². The summed E-state index contributed by atoms with van der Waals surface area (Å²) in [5, 5.41) is 0. The van der Waals surface area contributed by atoms with Crippen molar-refractivity contribution in [3.05, 3.63) is 29.8 Å².